The standard InChI is InChI=1S/C12H16N2O4S/c1-19(18)6-5-13-12(17)14-10-4-2-3-9(7-10)8-11(15)16/h2-4,7H,5-6,8H2,1H3,(H,15,16)(H2,13,14,17). The maximum absolute atomic E-state index is 11.5. The van der Waals surface area contributed by atoms with Crippen LogP contribution in [0.3, 0.4) is 0 Å². The Balaban J connectivity index is 2.49. The molecule has 1 aromatic carbocycles. The summed E-state index contributed by atoms with van der Waals surface area (Å²) in [5.41, 5.74) is 1.13. The summed E-state index contributed by atoms with van der Waals surface area (Å²) in [6, 6.07) is 6.22. The van der Waals surface area contributed by atoms with Gasteiger partial charge in [-0.1, -0.05) is 12.1 Å². The molecule has 0 radical (unpaired) electrons. The molecule has 0 aromatic heterocycles. The summed E-state index contributed by atoms with van der Waals surface area (Å²) < 4.78 is 10.8. The molecule has 104 valence electrons. The molecule has 1 aromatic rings. The Morgan fingerprint density at radius 1 is 1.37 bits per heavy atom. The van der Waals surface area contributed by atoms with E-state index in [0.717, 1.165) is 0 Å². The van der Waals surface area contributed by atoms with Crippen LogP contribution in [0.5, 0.6) is 0 Å². The highest BCUT2D eigenvalue weighted by atomic mass is 32.2. The van der Waals surface area contributed by atoms with Gasteiger partial charge in [-0.25, -0.2) is 4.79 Å². The van der Waals surface area contributed by atoms with Gasteiger partial charge in [0.05, 0.1) is 6.42 Å². The molecule has 0 fully saturated rings. The fraction of sp³-hybridized carbons (Fsp3) is 0.333. The maximum atomic E-state index is 11.5. The van der Waals surface area contributed by atoms with Gasteiger partial charge in [-0.2, -0.15) is 0 Å². The summed E-state index contributed by atoms with van der Waals surface area (Å²) in [4.78, 5) is 22.1. The smallest absolute Gasteiger partial charge is 0.319 e. The topological polar surface area (TPSA) is 95.5 Å². The normalized spacial score (nSPS) is 11.6. The van der Waals surface area contributed by atoms with E-state index in [-0.39, 0.29) is 6.42 Å². The minimum absolute atomic E-state index is 0.0913. The van der Waals surface area contributed by atoms with Crippen molar-refractivity contribution in [3.63, 3.8) is 0 Å². The number of aliphatic carboxylic acids is 1. The number of hydrogen-bond donors (Lipinski definition) is 3. The van der Waals surface area contributed by atoms with Crippen molar-refractivity contribution < 1.29 is 18.9 Å². The average molecular weight is 284 g/mol. The first-order valence-electron chi connectivity index (χ1n) is 5.63. The van der Waals surface area contributed by atoms with Gasteiger partial charge in [0, 0.05) is 35.0 Å². The van der Waals surface area contributed by atoms with Crippen LogP contribution in [0.4, 0.5) is 10.5 Å². The Labute approximate surface area is 113 Å². The fourth-order valence-electron chi connectivity index (χ4n) is 1.42. The number of nitrogens with one attached hydrogen (secondary N) is 2. The van der Waals surface area contributed by atoms with Crippen LogP contribution in [0.25, 0.3) is 0 Å². The molecule has 0 aliphatic rings. The maximum Gasteiger partial charge on any atom is 0.319 e. The lowest BCUT2D eigenvalue weighted by Gasteiger charge is -2.08. The van der Waals surface area contributed by atoms with Gasteiger partial charge in [0.1, 0.15) is 0 Å². The molecule has 0 heterocycles. The van der Waals surface area contributed by atoms with E-state index in [1.54, 1.807) is 30.5 Å². The molecule has 0 aliphatic heterocycles. The van der Waals surface area contributed by atoms with E-state index in [0.29, 0.717) is 23.5 Å². The van der Waals surface area contributed by atoms with E-state index in [2.05, 4.69) is 10.6 Å². The Morgan fingerprint density at radius 3 is 2.74 bits per heavy atom. The van der Waals surface area contributed by atoms with Crippen molar-refractivity contribution in [3.05, 3.63) is 29.8 Å². The Hall–Kier alpha value is -1.89. The monoisotopic (exact) mass is 284 g/mol. The molecule has 19 heavy (non-hydrogen) atoms. The van der Waals surface area contributed by atoms with E-state index >= 15 is 0 Å². The van der Waals surface area contributed by atoms with Crippen LogP contribution in [-0.4, -0.2) is 39.9 Å². The lowest BCUT2D eigenvalue weighted by molar-refractivity contribution is -0.136. The van der Waals surface area contributed by atoms with Crippen LogP contribution in [0.2, 0.25) is 0 Å². The third kappa shape index (κ3) is 6.56. The molecule has 1 rings (SSSR count). The predicted molar refractivity (Wildman–Crippen MR) is 73.7 cm³/mol. The number of carboxylic acids is 1. The summed E-state index contributed by atoms with van der Waals surface area (Å²) in [7, 11) is -0.947. The van der Waals surface area contributed by atoms with Crippen LogP contribution < -0.4 is 10.6 Å². The fourth-order valence-corrected chi connectivity index (χ4v) is 1.81. The zero-order valence-electron chi connectivity index (χ0n) is 10.5. The van der Waals surface area contributed by atoms with Crippen molar-refractivity contribution in [2.45, 2.75) is 6.42 Å². The molecular formula is C12H16N2O4S. The Morgan fingerprint density at radius 2 is 2.11 bits per heavy atom. The third-order valence-electron chi connectivity index (χ3n) is 2.22. The lowest BCUT2D eigenvalue weighted by Crippen LogP contribution is -2.31. The molecule has 1 unspecified atom stereocenters. The van der Waals surface area contributed by atoms with E-state index in [1.807, 2.05) is 0 Å². The number of carbonyl (C=O) groups excluding carboxylic acids is 1. The van der Waals surface area contributed by atoms with Crippen LogP contribution in [0, 0.1) is 0 Å². The Bertz CT molecular complexity index is 490. The van der Waals surface area contributed by atoms with Crippen molar-refractivity contribution in [2.24, 2.45) is 0 Å². The van der Waals surface area contributed by atoms with Crippen molar-refractivity contribution >= 4 is 28.5 Å². The number of urea groups is 1. The highest BCUT2D eigenvalue weighted by molar-refractivity contribution is 7.84. The molecule has 0 aliphatic carbocycles. The van der Waals surface area contributed by atoms with Crippen molar-refractivity contribution in [2.75, 3.05) is 23.9 Å². The average Bonchev–Trinajstić information content (AvgIpc) is 2.27. The van der Waals surface area contributed by atoms with E-state index in [9.17, 15) is 13.8 Å². The second-order valence-corrected chi connectivity index (χ2v) is 5.48. The molecule has 3 N–H and O–H groups in total. The number of rotatable bonds is 6. The number of amides is 2. The molecule has 7 heteroatoms. The van der Waals surface area contributed by atoms with Crippen molar-refractivity contribution in [1.82, 2.24) is 5.32 Å². The summed E-state index contributed by atoms with van der Waals surface area (Å²) in [6.07, 6.45) is 1.47. The first-order valence-corrected chi connectivity index (χ1v) is 7.35. The van der Waals surface area contributed by atoms with E-state index < -0.39 is 22.8 Å². The SMILES string of the molecule is CS(=O)CCNC(=O)Nc1cccc(CC(=O)O)c1. The number of carboxylic acid groups (broad SMARTS) is 1. The number of hydrogen-bond acceptors (Lipinski definition) is 3. The first-order chi connectivity index (χ1) is 8.97. The number of benzene rings is 1. The first kappa shape index (κ1) is 15.2. The molecule has 1 atom stereocenters. The van der Waals surface area contributed by atoms with Gasteiger partial charge in [0.15, 0.2) is 0 Å². The van der Waals surface area contributed by atoms with Crippen LogP contribution in [-0.2, 0) is 22.0 Å². The quantitative estimate of drug-likeness (QED) is 0.720. The lowest BCUT2D eigenvalue weighted by atomic mass is 10.1. The zero-order chi connectivity index (χ0) is 14.3. The molecule has 6 nitrogen and oxygen atoms in total. The Kier molecular flexibility index (Phi) is 6.01. The van der Waals surface area contributed by atoms with Gasteiger partial charge in [0.25, 0.3) is 0 Å². The molecule has 0 spiro atoms. The van der Waals surface area contributed by atoms with Gasteiger partial charge >= 0.3 is 12.0 Å². The summed E-state index contributed by atoms with van der Waals surface area (Å²) in [5.74, 6) is -0.529. The minimum Gasteiger partial charge on any atom is -0.481 e. The van der Waals surface area contributed by atoms with Gasteiger partial charge in [-0.05, 0) is 17.7 Å². The largest absolute Gasteiger partial charge is 0.481 e. The second kappa shape index (κ2) is 7.52. The molecule has 0 saturated heterocycles. The minimum atomic E-state index is -0.947. The predicted octanol–water partition coefficient (Wildman–Crippen LogP) is 0.814. The highest BCUT2D eigenvalue weighted by Gasteiger charge is 2.04. The zero-order valence-corrected chi connectivity index (χ0v) is 11.3. The van der Waals surface area contributed by atoms with Crippen LogP contribution in [0.1, 0.15) is 5.56 Å². The number of carbonyl (C=O) groups is 2. The number of anilines is 1. The summed E-state index contributed by atoms with van der Waals surface area (Å²) in [6.45, 7) is 0.323. The summed E-state index contributed by atoms with van der Waals surface area (Å²) in [5, 5.41) is 13.8. The summed E-state index contributed by atoms with van der Waals surface area (Å²) >= 11 is 0. The van der Waals surface area contributed by atoms with Gasteiger partial charge < -0.3 is 15.7 Å². The molecule has 0 saturated carbocycles. The van der Waals surface area contributed by atoms with E-state index in [4.69, 9.17) is 5.11 Å². The van der Waals surface area contributed by atoms with Crippen LogP contribution >= 0.6 is 0 Å². The van der Waals surface area contributed by atoms with Crippen LogP contribution in [0.15, 0.2) is 24.3 Å². The van der Waals surface area contributed by atoms with Gasteiger partial charge in [-0.3, -0.25) is 9.00 Å². The van der Waals surface area contributed by atoms with Gasteiger partial charge in [0.2, 0.25) is 0 Å². The van der Waals surface area contributed by atoms with Crippen molar-refractivity contribution in [1.29, 1.82) is 0 Å². The van der Waals surface area contributed by atoms with Crippen molar-refractivity contribution in [3.8, 4) is 0 Å². The molecule has 2 amide bonds. The highest BCUT2D eigenvalue weighted by Crippen LogP contribution is 2.11. The third-order valence-corrected chi connectivity index (χ3v) is 2.99. The van der Waals surface area contributed by atoms with Gasteiger partial charge in [-0.15, -0.1) is 0 Å². The molecule has 0 bridgehead atoms. The van der Waals surface area contributed by atoms with E-state index in [1.165, 1.54) is 0 Å². The molecular weight excluding hydrogens is 268 g/mol. The second-order valence-electron chi connectivity index (χ2n) is 3.93.